The number of rotatable bonds is 9. The molecule has 0 aliphatic heterocycles. The van der Waals surface area contributed by atoms with Crippen molar-refractivity contribution < 1.29 is 14.3 Å². The van der Waals surface area contributed by atoms with E-state index in [1.807, 2.05) is 48.7 Å². The van der Waals surface area contributed by atoms with Crippen molar-refractivity contribution in [3.63, 3.8) is 0 Å². The van der Waals surface area contributed by atoms with Crippen LogP contribution in [-0.2, 0) is 11.2 Å². The van der Waals surface area contributed by atoms with Crippen LogP contribution >= 0.6 is 11.9 Å². The van der Waals surface area contributed by atoms with Crippen LogP contribution in [-0.4, -0.2) is 38.6 Å². The Labute approximate surface area is 194 Å². The molecule has 32 heavy (non-hydrogen) atoms. The predicted octanol–water partition coefficient (Wildman–Crippen LogP) is 5.11. The fraction of sp³-hybridized carbons (Fsp3) is 0.231. The lowest BCUT2D eigenvalue weighted by Crippen LogP contribution is -2.33. The molecule has 0 heterocycles. The third-order valence-electron chi connectivity index (χ3n) is 5.09. The van der Waals surface area contributed by atoms with E-state index in [1.54, 1.807) is 14.2 Å². The van der Waals surface area contributed by atoms with Gasteiger partial charge < -0.3 is 14.8 Å². The maximum absolute atomic E-state index is 12.8. The van der Waals surface area contributed by atoms with E-state index in [1.165, 1.54) is 17.5 Å². The fourth-order valence-corrected chi connectivity index (χ4v) is 3.69. The van der Waals surface area contributed by atoms with Gasteiger partial charge in [-0.05, 0) is 54.1 Å². The highest BCUT2D eigenvalue weighted by molar-refractivity contribution is 7.97. The van der Waals surface area contributed by atoms with Gasteiger partial charge in [0, 0.05) is 18.4 Å². The summed E-state index contributed by atoms with van der Waals surface area (Å²) in [6, 6.07) is 22.1. The summed E-state index contributed by atoms with van der Waals surface area (Å²) in [7, 11) is 3.22. The number of methoxy groups -OCH3 is 2. The second-order valence-electron chi connectivity index (χ2n) is 7.26. The first-order valence-corrected chi connectivity index (χ1v) is 11.5. The van der Waals surface area contributed by atoms with Crippen molar-refractivity contribution >= 4 is 23.6 Å². The normalized spacial score (nSPS) is 11.2. The minimum atomic E-state index is -0.192. The van der Waals surface area contributed by atoms with Crippen molar-refractivity contribution in [2.75, 3.05) is 27.0 Å². The molecule has 0 fully saturated rings. The third-order valence-corrected chi connectivity index (χ3v) is 5.45. The molecule has 0 spiro atoms. The Hall–Kier alpha value is -3.25. The first-order chi connectivity index (χ1) is 15.5. The van der Waals surface area contributed by atoms with Gasteiger partial charge in [0.15, 0.2) is 11.5 Å². The third kappa shape index (κ3) is 5.92. The second-order valence-corrected chi connectivity index (χ2v) is 7.81. The Kier molecular flexibility index (Phi) is 8.34. The second kappa shape index (κ2) is 11.4. The predicted molar refractivity (Wildman–Crippen MR) is 133 cm³/mol. The number of aryl methyl sites for hydroxylation is 1. The molecule has 0 radical (unpaired) electrons. The van der Waals surface area contributed by atoms with E-state index in [4.69, 9.17) is 9.47 Å². The summed E-state index contributed by atoms with van der Waals surface area (Å²) >= 11 is 1.27. The molecule has 0 saturated carbocycles. The number of carbonyl (C=O) groups excluding carboxylic acids is 1. The molecule has 0 atom stereocenters. The molecular weight excluding hydrogens is 420 g/mol. The van der Waals surface area contributed by atoms with Gasteiger partial charge in [-0.3, -0.25) is 4.79 Å². The highest BCUT2D eigenvalue weighted by Gasteiger charge is 2.14. The zero-order valence-electron chi connectivity index (χ0n) is 18.8. The van der Waals surface area contributed by atoms with Gasteiger partial charge in [-0.15, -0.1) is 0 Å². The smallest absolute Gasteiger partial charge is 0.271 e. The van der Waals surface area contributed by atoms with Crippen LogP contribution < -0.4 is 14.8 Å². The van der Waals surface area contributed by atoms with Gasteiger partial charge in [-0.25, -0.2) is 4.40 Å². The largest absolute Gasteiger partial charge is 0.493 e. The Morgan fingerprint density at radius 1 is 0.906 bits per heavy atom. The minimum Gasteiger partial charge on any atom is -0.493 e. The monoisotopic (exact) mass is 448 g/mol. The molecule has 166 valence electrons. The maximum atomic E-state index is 12.8. The van der Waals surface area contributed by atoms with Crippen LogP contribution in [0.1, 0.15) is 16.7 Å². The average Bonchev–Trinajstić information content (AvgIpc) is 2.83. The number of ether oxygens (including phenoxy) is 2. The molecule has 0 unspecified atom stereocenters. The van der Waals surface area contributed by atoms with Crippen LogP contribution in [0.25, 0.3) is 11.1 Å². The molecule has 0 aliphatic rings. The summed E-state index contributed by atoms with van der Waals surface area (Å²) in [6.45, 7) is 2.56. The van der Waals surface area contributed by atoms with Gasteiger partial charge >= 0.3 is 0 Å². The lowest BCUT2D eigenvalue weighted by molar-refractivity contribution is -0.114. The molecule has 0 bridgehead atoms. The molecule has 0 saturated heterocycles. The fourth-order valence-electron chi connectivity index (χ4n) is 3.32. The summed E-state index contributed by atoms with van der Waals surface area (Å²) in [5, 5.41) is 2.98. The van der Waals surface area contributed by atoms with E-state index < -0.39 is 0 Å². The van der Waals surface area contributed by atoms with E-state index in [2.05, 4.69) is 40.9 Å². The van der Waals surface area contributed by atoms with Gasteiger partial charge in [-0.1, -0.05) is 60.2 Å². The molecule has 3 aromatic carbocycles. The molecule has 1 N–H and O–H groups in total. The summed E-state index contributed by atoms with van der Waals surface area (Å²) in [5.74, 6) is 1.17. The molecule has 1 amide bonds. The molecule has 3 aromatic rings. The van der Waals surface area contributed by atoms with Crippen LogP contribution in [0.5, 0.6) is 11.5 Å². The lowest BCUT2D eigenvalue weighted by atomic mass is 10.0. The Morgan fingerprint density at radius 2 is 1.53 bits per heavy atom. The number of nitrogens with zero attached hydrogens (tertiary/aromatic N) is 1. The van der Waals surface area contributed by atoms with Gasteiger partial charge in [0.1, 0.15) is 5.71 Å². The molecule has 3 rings (SSSR count). The van der Waals surface area contributed by atoms with E-state index in [-0.39, 0.29) is 5.91 Å². The number of amides is 1. The van der Waals surface area contributed by atoms with Crippen molar-refractivity contribution in [1.82, 2.24) is 5.32 Å². The van der Waals surface area contributed by atoms with Gasteiger partial charge in [-0.2, -0.15) is 0 Å². The highest BCUT2D eigenvalue weighted by atomic mass is 32.2. The van der Waals surface area contributed by atoms with E-state index in [0.29, 0.717) is 30.2 Å². The Bertz CT molecular complexity index is 1080. The van der Waals surface area contributed by atoms with Gasteiger partial charge in [0.2, 0.25) is 0 Å². The number of hydrogen-bond donors (Lipinski definition) is 1. The lowest BCUT2D eigenvalue weighted by Gasteiger charge is -2.11. The van der Waals surface area contributed by atoms with E-state index >= 15 is 0 Å². The summed E-state index contributed by atoms with van der Waals surface area (Å²) in [6.07, 6.45) is 2.52. The molecule has 0 aromatic heterocycles. The van der Waals surface area contributed by atoms with Crippen LogP contribution in [0.2, 0.25) is 0 Å². The Balaban J connectivity index is 1.66. The van der Waals surface area contributed by atoms with Crippen molar-refractivity contribution in [2.24, 2.45) is 4.40 Å². The van der Waals surface area contributed by atoms with Gasteiger partial charge in [0.25, 0.3) is 5.91 Å². The number of carbonyl (C=O) groups is 1. The van der Waals surface area contributed by atoms with Crippen LogP contribution in [0.15, 0.2) is 71.1 Å². The number of hydrogen-bond acceptors (Lipinski definition) is 5. The van der Waals surface area contributed by atoms with Crippen molar-refractivity contribution in [2.45, 2.75) is 13.3 Å². The number of nitrogens with one attached hydrogen (secondary N) is 1. The first-order valence-electron chi connectivity index (χ1n) is 10.3. The minimum absolute atomic E-state index is 0.192. The molecule has 0 aliphatic carbocycles. The van der Waals surface area contributed by atoms with Crippen molar-refractivity contribution in [3.05, 3.63) is 83.4 Å². The van der Waals surface area contributed by atoms with E-state index in [0.717, 1.165) is 22.3 Å². The van der Waals surface area contributed by atoms with Crippen LogP contribution in [0.3, 0.4) is 0 Å². The standard InChI is InChI=1S/C26H28N2O3S/c1-18-5-8-20(9-6-18)21-10-12-22(13-11-21)25(28-32-4)26(29)27-16-15-19-7-14-23(30-2)24(17-19)31-3/h5-14,17H,15-16H2,1-4H3,(H,27,29). The highest BCUT2D eigenvalue weighted by Crippen LogP contribution is 2.27. The maximum Gasteiger partial charge on any atom is 0.271 e. The zero-order chi connectivity index (χ0) is 22.9. The van der Waals surface area contributed by atoms with Crippen LogP contribution in [0.4, 0.5) is 0 Å². The average molecular weight is 449 g/mol. The first kappa shape index (κ1) is 23.4. The quantitative estimate of drug-likeness (QED) is 0.365. The van der Waals surface area contributed by atoms with Gasteiger partial charge in [0.05, 0.1) is 14.2 Å². The summed E-state index contributed by atoms with van der Waals surface area (Å²) in [4.78, 5) is 12.8. The number of benzene rings is 3. The molecular formula is C26H28N2O3S. The summed E-state index contributed by atoms with van der Waals surface area (Å²) < 4.78 is 15.0. The SMILES string of the molecule is COc1ccc(CCNC(=O)C(=NSC)c2ccc(-c3ccc(C)cc3)cc2)cc1OC. The summed E-state index contributed by atoms with van der Waals surface area (Å²) in [5.41, 5.74) is 5.73. The van der Waals surface area contributed by atoms with Crippen molar-refractivity contribution in [1.29, 1.82) is 0 Å². The topological polar surface area (TPSA) is 59.9 Å². The molecule has 6 heteroatoms. The van der Waals surface area contributed by atoms with Crippen molar-refractivity contribution in [3.8, 4) is 22.6 Å². The Morgan fingerprint density at radius 3 is 2.12 bits per heavy atom. The molecule has 5 nitrogen and oxygen atoms in total. The van der Waals surface area contributed by atoms with Crippen LogP contribution in [0, 0.1) is 6.92 Å². The zero-order valence-corrected chi connectivity index (χ0v) is 19.7. The van der Waals surface area contributed by atoms with E-state index in [9.17, 15) is 4.79 Å².